The third-order valence-electron chi connectivity index (χ3n) is 3.73. The fourth-order valence-corrected chi connectivity index (χ4v) is 3.19. The number of hydrogen-bond donors (Lipinski definition) is 1. The normalized spacial score (nSPS) is 10.8. The Kier molecular flexibility index (Phi) is 5.05. The predicted octanol–water partition coefficient (Wildman–Crippen LogP) is 2.99. The fraction of sp³-hybridized carbons (Fsp3) is 0.222. The van der Waals surface area contributed by atoms with Crippen molar-refractivity contribution in [2.75, 3.05) is 12.9 Å². The smallest absolute Gasteiger partial charge is 0.230 e. The highest BCUT2D eigenvalue weighted by Gasteiger charge is 2.10. The summed E-state index contributed by atoms with van der Waals surface area (Å²) in [6.45, 7) is 0.506. The Morgan fingerprint density at radius 1 is 1.21 bits per heavy atom. The second-order valence-corrected chi connectivity index (χ2v) is 6.30. The first-order chi connectivity index (χ1) is 11.7. The summed E-state index contributed by atoms with van der Waals surface area (Å²) in [5.41, 5.74) is 3.05. The molecular formula is C18H19N3O2S. The second-order valence-electron chi connectivity index (χ2n) is 5.36. The summed E-state index contributed by atoms with van der Waals surface area (Å²) in [7, 11) is 3.60. The van der Waals surface area contributed by atoms with E-state index < -0.39 is 0 Å². The number of aromatic nitrogens is 2. The van der Waals surface area contributed by atoms with Gasteiger partial charge in [0.15, 0.2) is 5.16 Å². The molecular weight excluding hydrogens is 322 g/mol. The molecule has 5 nitrogen and oxygen atoms in total. The average molecular weight is 341 g/mol. The molecule has 2 aromatic carbocycles. The van der Waals surface area contributed by atoms with E-state index in [-0.39, 0.29) is 5.91 Å². The maximum atomic E-state index is 12.0. The Balaban J connectivity index is 1.53. The molecule has 1 aromatic heterocycles. The van der Waals surface area contributed by atoms with Gasteiger partial charge in [-0.25, -0.2) is 4.98 Å². The molecule has 0 saturated carbocycles. The second kappa shape index (κ2) is 7.40. The van der Waals surface area contributed by atoms with Crippen molar-refractivity contribution >= 4 is 28.7 Å². The number of imidazole rings is 1. The monoisotopic (exact) mass is 341 g/mol. The minimum Gasteiger partial charge on any atom is -0.497 e. The van der Waals surface area contributed by atoms with E-state index in [1.54, 1.807) is 7.11 Å². The predicted molar refractivity (Wildman–Crippen MR) is 96.3 cm³/mol. The molecule has 0 aliphatic heterocycles. The van der Waals surface area contributed by atoms with Gasteiger partial charge in [0.1, 0.15) is 5.75 Å². The molecule has 0 aliphatic rings. The Labute approximate surface area is 145 Å². The molecule has 0 atom stereocenters. The van der Waals surface area contributed by atoms with Crippen molar-refractivity contribution in [1.82, 2.24) is 14.9 Å². The van der Waals surface area contributed by atoms with E-state index in [1.807, 2.05) is 60.1 Å². The number of benzene rings is 2. The number of nitrogens with zero attached hydrogens (tertiary/aromatic N) is 2. The number of fused-ring (bicyclic) bond motifs is 1. The summed E-state index contributed by atoms with van der Waals surface area (Å²) < 4.78 is 7.13. The molecule has 3 rings (SSSR count). The third-order valence-corrected chi connectivity index (χ3v) is 4.76. The molecule has 0 saturated heterocycles. The number of methoxy groups -OCH3 is 1. The van der Waals surface area contributed by atoms with Crippen molar-refractivity contribution in [2.24, 2.45) is 7.05 Å². The SMILES string of the molecule is COc1ccc(CNC(=O)CSc2nc3ccccc3n2C)cc1. The van der Waals surface area contributed by atoms with Crippen LogP contribution in [0.4, 0.5) is 0 Å². The van der Waals surface area contributed by atoms with Crippen molar-refractivity contribution in [1.29, 1.82) is 0 Å². The highest BCUT2D eigenvalue weighted by atomic mass is 32.2. The molecule has 0 spiro atoms. The van der Waals surface area contributed by atoms with Gasteiger partial charge in [-0.15, -0.1) is 0 Å². The lowest BCUT2D eigenvalue weighted by atomic mass is 10.2. The van der Waals surface area contributed by atoms with Crippen LogP contribution in [0.5, 0.6) is 5.75 Å². The number of ether oxygens (including phenoxy) is 1. The number of nitrogens with one attached hydrogen (secondary N) is 1. The van der Waals surface area contributed by atoms with Crippen molar-refractivity contribution in [3.63, 3.8) is 0 Å². The van der Waals surface area contributed by atoms with Gasteiger partial charge in [0.05, 0.1) is 23.9 Å². The summed E-state index contributed by atoms with van der Waals surface area (Å²) in [4.78, 5) is 16.6. The van der Waals surface area contributed by atoms with Gasteiger partial charge in [0, 0.05) is 13.6 Å². The van der Waals surface area contributed by atoms with E-state index in [1.165, 1.54) is 11.8 Å². The van der Waals surface area contributed by atoms with E-state index >= 15 is 0 Å². The molecule has 0 aliphatic carbocycles. The van der Waals surface area contributed by atoms with E-state index in [9.17, 15) is 4.79 Å². The van der Waals surface area contributed by atoms with Gasteiger partial charge < -0.3 is 14.6 Å². The molecule has 6 heteroatoms. The zero-order valence-corrected chi connectivity index (χ0v) is 14.5. The van der Waals surface area contributed by atoms with Crippen molar-refractivity contribution < 1.29 is 9.53 Å². The van der Waals surface area contributed by atoms with Gasteiger partial charge in [-0.2, -0.15) is 0 Å². The number of thioether (sulfide) groups is 1. The van der Waals surface area contributed by atoms with Crippen LogP contribution in [0.2, 0.25) is 0 Å². The van der Waals surface area contributed by atoms with Crippen LogP contribution in [0, 0.1) is 0 Å². The number of aryl methyl sites for hydroxylation is 1. The molecule has 1 N–H and O–H groups in total. The number of rotatable bonds is 6. The van der Waals surface area contributed by atoms with Gasteiger partial charge in [-0.3, -0.25) is 4.79 Å². The summed E-state index contributed by atoms with van der Waals surface area (Å²) >= 11 is 1.44. The lowest BCUT2D eigenvalue weighted by Gasteiger charge is -2.06. The van der Waals surface area contributed by atoms with Gasteiger partial charge in [0.25, 0.3) is 0 Å². The van der Waals surface area contributed by atoms with Crippen LogP contribution in [0.25, 0.3) is 11.0 Å². The zero-order valence-electron chi connectivity index (χ0n) is 13.7. The maximum absolute atomic E-state index is 12.0. The lowest BCUT2D eigenvalue weighted by molar-refractivity contribution is -0.118. The topological polar surface area (TPSA) is 56.1 Å². The fourth-order valence-electron chi connectivity index (χ4n) is 2.38. The number of carbonyl (C=O) groups is 1. The zero-order chi connectivity index (χ0) is 16.9. The van der Waals surface area contributed by atoms with Crippen LogP contribution in [-0.2, 0) is 18.4 Å². The van der Waals surface area contributed by atoms with E-state index in [0.29, 0.717) is 12.3 Å². The first kappa shape index (κ1) is 16.4. The highest BCUT2D eigenvalue weighted by molar-refractivity contribution is 7.99. The average Bonchev–Trinajstić information content (AvgIpc) is 2.95. The maximum Gasteiger partial charge on any atom is 0.230 e. The lowest BCUT2D eigenvalue weighted by Crippen LogP contribution is -2.24. The van der Waals surface area contributed by atoms with Crippen LogP contribution in [-0.4, -0.2) is 28.3 Å². The molecule has 0 radical (unpaired) electrons. The Bertz CT molecular complexity index is 843. The molecule has 1 heterocycles. The standard InChI is InChI=1S/C18H19N3O2S/c1-21-16-6-4-3-5-15(16)20-18(21)24-12-17(22)19-11-13-7-9-14(23-2)10-8-13/h3-10H,11-12H2,1-2H3,(H,19,22). The Morgan fingerprint density at radius 2 is 1.96 bits per heavy atom. The van der Waals surface area contributed by atoms with Crippen molar-refractivity contribution in [2.45, 2.75) is 11.7 Å². The Hall–Kier alpha value is -2.47. The van der Waals surface area contributed by atoms with Crippen LogP contribution in [0.3, 0.4) is 0 Å². The van der Waals surface area contributed by atoms with Crippen molar-refractivity contribution in [3.05, 3.63) is 54.1 Å². The van der Waals surface area contributed by atoms with E-state index in [0.717, 1.165) is 27.5 Å². The molecule has 124 valence electrons. The van der Waals surface area contributed by atoms with E-state index in [4.69, 9.17) is 4.74 Å². The van der Waals surface area contributed by atoms with Crippen molar-refractivity contribution in [3.8, 4) is 5.75 Å². The first-order valence-electron chi connectivity index (χ1n) is 7.61. The first-order valence-corrected chi connectivity index (χ1v) is 8.60. The van der Waals surface area contributed by atoms with Crippen LogP contribution in [0.1, 0.15) is 5.56 Å². The van der Waals surface area contributed by atoms with Gasteiger partial charge in [-0.1, -0.05) is 36.0 Å². The number of amides is 1. The van der Waals surface area contributed by atoms with E-state index in [2.05, 4.69) is 10.3 Å². The summed E-state index contributed by atoms with van der Waals surface area (Å²) in [6, 6.07) is 15.6. The number of carbonyl (C=O) groups excluding carboxylic acids is 1. The quantitative estimate of drug-likeness (QED) is 0.700. The largest absolute Gasteiger partial charge is 0.497 e. The summed E-state index contributed by atoms with van der Waals surface area (Å²) in [6.07, 6.45) is 0. The molecule has 0 fully saturated rings. The van der Waals surface area contributed by atoms with Gasteiger partial charge >= 0.3 is 0 Å². The Morgan fingerprint density at radius 3 is 2.67 bits per heavy atom. The summed E-state index contributed by atoms with van der Waals surface area (Å²) in [5.74, 6) is 1.14. The molecule has 0 bridgehead atoms. The van der Waals surface area contributed by atoms with Gasteiger partial charge in [0.2, 0.25) is 5.91 Å². The molecule has 1 amide bonds. The van der Waals surface area contributed by atoms with Crippen LogP contribution in [0.15, 0.2) is 53.7 Å². The molecule has 0 unspecified atom stereocenters. The summed E-state index contributed by atoms with van der Waals surface area (Å²) in [5, 5.41) is 3.77. The van der Waals surface area contributed by atoms with Crippen LogP contribution < -0.4 is 10.1 Å². The van der Waals surface area contributed by atoms with Gasteiger partial charge in [-0.05, 0) is 29.8 Å². The molecule has 24 heavy (non-hydrogen) atoms. The number of para-hydroxylation sites is 2. The highest BCUT2D eigenvalue weighted by Crippen LogP contribution is 2.22. The number of hydrogen-bond acceptors (Lipinski definition) is 4. The molecule has 3 aromatic rings. The minimum atomic E-state index is -0.0112. The van der Waals surface area contributed by atoms with Crippen LogP contribution >= 0.6 is 11.8 Å². The third kappa shape index (κ3) is 3.71. The minimum absolute atomic E-state index is 0.0112.